The number of fused-ring (bicyclic) bond motifs is 1. The van der Waals surface area contributed by atoms with Crippen molar-refractivity contribution >= 4 is 22.6 Å². The highest BCUT2D eigenvalue weighted by Gasteiger charge is 2.28. The van der Waals surface area contributed by atoms with E-state index in [2.05, 4.69) is 11.0 Å². The van der Waals surface area contributed by atoms with Gasteiger partial charge in [0.1, 0.15) is 0 Å². The smallest absolute Gasteiger partial charge is 0.410 e. The number of carbonyl (C=O) groups is 1. The summed E-state index contributed by atoms with van der Waals surface area (Å²) in [5.41, 5.74) is 5.31. The molecular formula is C31H30N4O3. The van der Waals surface area contributed by atoms with Crippen molar-refractivity contribution in [3.8, 4) is 22.9 Å². The molecule has 4 aromatic rings. The molecule has 192 valence electrons. The van der Waals surface area contributed by atoms with Gasteiger partial charge in [-0.3, -0.25) is 9.36 Å². The van der Waals surface area contributed by atoms with Gasteiger partial charge in [0.2, 0.25) is 0 Å². The molecule has 7 nitrogen and oxygen atoms in total. The van der Waals surface area contributed by atoms with E-state index in [1.807, 2.05) is 81.6 Å². The number of piperazine rings is 1. The lowest BCUT2D eigenvalue weighted by Gasteiger charge is -2.40. The first kappa shape index (κ1) is 25.1. The monoisotopic (exact) mass is 506 g/mol. The Balaban J connectivity index is 1.43. The van der Waals surface area contributed by atoms with Gasteiger partial charge in [0, 0.05) is 48.6 Å². The van der Waals surface area contributed by atoms with Crippen LogP contribution in [0.3, 0.4) is 0 Å². The average molecular weight is 507 g/mol. The number of nitrogens with zero attached hydrogens (tertiary/aromatic N) is 4. The highest BCUT2D eigenvalue weighted by atomic mass is 16.6. The van der Waals surface area contributed by atoms with Crippen LogP contribution in [0.25, 0.3) is 27.6 Å². The molecule has 1 aliphatic heterocycles. The number of amides is 1. The first-order valence-corrected chi connectivity index (χ1v) is 12.9. The van der Waals surface area contributed by atoms with Gasteiger partial charge in [0.15, 0.2) is 0 Å². The molecule has 0 saturated carbocycles. The first-order chi connectivity index (χ1) is 18.4. The maximum atomic E-state index is 13.6. The second kappa shape index (κ2) is 10.4. The predicted octanol–water partition coefficient (Wildman–Crippen LogP) is 5.50. The van der Waals surface area contributed by atoms with Crippen molar-refractivity contribution in [2.45, 2.75) is 26.8 Å². The van der Waals surface area contributed by atoms with E-state index in [-0.39, 0.29) is 17.7 Å². The van der Waals surface area contributed by atoms with Crippen LogP contribution in [0.1, 0.15) is 25.0 Å². The third-order valence-electron chi connectivity index (χ3n) is 7.18. The Labute approximate surface area is 222 Å². The van der Waals surface area contributed by atoms with Crippen LogP contribution in [-0.4, -0.2) is 47.8 Å². The van der Waals surface area contributed by atoms with Gasteiger partial charge in [-0.15, -0.1) is 0 Å². The van der Waals surface area contributed by atoms with Gasteiger partial charge >= 0.3 is 6.09 Å². The Morgan fingerprint density at radius 1 is 1.03 bits per heavy atom. The summed E-state index contributed by atoms with van der Waals surface area (Å²) in [7, 11) is 0. The number of carbonyl (C=O) groups excluding carboxylic acids is 1. The van der Waals surface area contributed by atoms with Gasteiger partial charge in [-0.05, 0) is 85.3 Å². The minimum atomic E-state index is -0.261. The van der Waals surface area contributed by atoms with Crippen molar-refractivity contribution in [1.82, 2.24) is 9.47 Å². The third-order valence-corrected chi connectivity index (χ3v) is 7.18. The SMILES string of the molecule is CCOC(=O)N1CCN(c2ccc(-n3cc(C)c4c(-c5ccc(C#N)cc5)cccc4c3=O)cc2)C[C@H]1C. The van der Waals surface area contributed by atoms with Crippen molar-refractivity contribution in [2.75, 3.05) is 31.1 Å². The molecular weight excluding hydrogens is 476 g/mol. The van der Waals surface area contributed by atoms with Gasteiger partial charge in [-0.2, -0.15) is 5.26 Å². The van der Waals surface area contributed by atoms with Gasteiger partial charge in [-0.1, -0.05) is 24.3 Å². The van der Waals surface area contributed by atoms with Crippen molar-refractivity contribution < 1.29 is 9.53 Å². The minimum Gasteiger partial charge on any atom is -0.450 e. The fourth-order valence-electron chi connectivity index (χ4n) is 5.25. The molecule has 5 rings (SSSR count). The number of aryl methyl sites for hydroxylation is 1. The zero-order valence-electron chi connectivity index (χ0n) is 21.8. The van der Waals surface area contributed by atoms with Gasteiger partial charge in [0.05, 0.1) is 18.2 Å². The van der Waals surface area contributed by atoms with Crippen molar-refractivity contribution in [1.29, 1.82) is 5.26 Å². The summed E-state index contributed by atoms with van der Waals surface area (Å²) in [6.07, 6.45) is 1.64. The molecule has 0 unspecified atom stereocenters. The van der Waals surface area contributed by atoms with Crippen LogP contribution < -0.4 is 10.5 Å². The maximum Gasteiger partial charge on any atom is 0.410 e. The van der Waals surface area contributed by atoms with E-state index < -0.39 is 0 Å². The second-order valence-corrected chi connectivity index (χ2v) is 9.61. The summed E-state index contributed by atoms with van der Waals surface area (Å²) in [6.45, 7) is 8.27. The van der Waals surface area contributed by atoms with Crippen LogP contribution in [0.2, 0.25) is 0 Å². The summed E-state index contributed by atoms with van der Waals surface area (Å²) < 4.78 is 6.87. The van der Waals surface area contributed by atoms with Crippen LogP contribution in [0.4, 0.5) is 10.5 Å². The lowest BCUT2D eigenvalue weighted by atomic mass is 9.96. The zero-order valence-corrected chi connectivity index (χ0v) is 21.8. The van der Waals surface area contributed by atoms with E-state index >= 15 is 0 Å². The predicted molar refractivity (Wildman–Crippen MR) is 150 cm³/mol. The quantitative estimate of drug-likeness (QED) is 0.365. The second-order valence-electron chi connectivity index (χ2n) is 9.61. The molecule has 2 heterocycles. The molecule has 1 fully saturated rings. The van der Waals surface area contributed by atoms with Crippen LogP contribution in [0, 0.1) is 18.3 Å². The highest BCUT2D eigenvalue weighted by molar-refractivity contribution is 5.98. The fraction of sp³-hybridized carbons (Fsp3) is 0.258. The number of nitriles is 1. The molecule has 1 saturated heterocycles. The van der Waals surface area contributed by atoms with E-state index in [1.165, 1.54) is 0 Å². The molecule has 38 heavy (non-hydrogen) atoms. The standard InChI is InChI=1S/C31H30N4O3/c1-4-38-31(37)34-17-16-33(20-22(34)3)25-12-14-26(15-13-25)35-19-21(2)29-27(6-5-7-28(29)30(35)36)24-10-8-23(18-32)9-11-24/h5-15,19,22H,4,16-17,20H2,1-3H3/t22-/m1/s1. The summed E-state index contributed by atoms with van der Waals surface area (Å²) in [6, 6.07) is 23.4. The third kappa shape index (κ3) is 4.61. The average Bonchev–Trinajstić information content (AvgIpc) is 2.95. The molecule has 1 amide bonds. The highest BCUT2D eigenvalue weighted by Crippen LogP contribution is 2.30. The topological polar surface area (TPSA) is 78.6 Å². The van der Waals surface area contributed by atoms with Crippen LogP contribution in [-0.2, 0) is 4.74 Å². The first-order valence-electron chi connectivity index (χ1n) is 12.9. The number of hydrogen-bond acceptors (Lipinski definition) is 5. The van der Waals surface area contributed by atoms with E-state index in [0.717, 1.165) is 40.0 Å². The van der Waals surface area contributed by atoms with Crippen LogP contribution >= 0.6 is 0 Å². The van der Waals surface area contributed by atoms with Crippen LogP contribution in [0.5, 0.6) is 0 Å². The number of pyridine rings is 1. The van der Waals surface area contributed by atoms with Gasteiger partial charge in [-0.25, -0.2) is 4.79 Å². The summed E-state index contributed by atoms with van der Waals surface area (Å²) in [4.78, 5) is 29.8. The number of hydrogen-bond donors (Lipinski definition) is 0. The minimum absolute atomic E-state index is 0.0403. The Kier molecular flexibility index (Phi) is 6.89. The lowest BCUT2D eigenvalue weighted by molar-refractivity contribution is 0.0891. The number of aromatic nitrogens is 1. The number of ether oxygens (including phenoxy) is 1. The molecule has 3 aromatic carbocycles. The Morgan fingerprint density at radius 3 is 2.39 bits per heavy atom. The molecule has 0 spiro atoms. The summed E-state index contributed by atoms with van der Waals surface area (Å²) in [5, 5.41) is 10.7. The molecule has 0 aliphatic carbocycles. The van der Waals surface area contributed by atoms with E-state index in [0.29, 0.717) is 30.6 Å². The fourth-order valence-corrected chi connectivity index (χ4v) is 5.25. The largest absolute Gasteiger partial charge is 0.450 e. The number of anilines is 1. The molecule has 0 bridgehead atoms. The molecule has 1 aromatic heterocycles. The zero-order chi connectivity index (χ0) is 26.8. The van der Waals surface area contributed by atoms with Gasteiger partial charge < -0.3 is 14.5 Å². The van der Waals surface area contributed by atoms with E-state index in [1.54, 1.807) is 21.6 Å². The number of rotatable bonds is 4. The summed E-state index contributed by atoms with van der Waals surface area (Å²) >= 11 is 0. The maximum absolute atomic E-state index is 13.6. The normalized spacial score (nSPS) is 15.4. The Bertz CT molecular complexity index is 1580. The summed E-state index contributed by atoms with van der Waals surface area (Å²) in [5.74, 6) is 0. The van der Waals surface area contributed by atoms with E-state index in [4.69, 9.17) is 10.00 Å². The molecule has 0 radical (unpaired) electrons. The van der Waals surface area contributed by atoms with Crippen molar-refractivity contribution in [3.05, 3.63) is 94.4 Å². The molecule has 7 heteroatoms. The van der Waals surface area contributed by atoms with E-state index in [9.17, 15) is 9.59 Å². The molecule has 1 atom stereocenters. The Morgan fingerprint density at radius 2 is 1.74 bits per heavy atom. The number of benzene rings is 3. The Hall–Kier alpha value is -4.57. The van der Waals surface area contributed by atoms with Crippen LogP contribution in [0.15, 0.2) is 77.7 Å². The van der Waals surface area contributed by atoms with Gasteiger partial charge in [0.25, 0.3) is 5.56 Å². The molecule has 0 N–H and O–H groups in total. The lowest BCUT2D eigenvalue weighted by Crippen LogP contribution is -2.54. The van der Waals surface area contributed by atoms with Crippen molar-refractivity contribution in [3.63, 3.8) is 0 Å². The van der Waals surface area contributed by atoms with Crippen molar-refractivity contribution in [2.24, 2.45) is 0 Å². The molecule has 1 aliphatic rings.